The van der Waals surface area contributed by atoms with Crippen molar-refractivity contribution in [1.82, 2.24) is 0 Å². The zero-order valence-corrected chi connectivity index (χ0v) is 9.33. The number of benzene rings is 1. The van der Waals surface area contributed by atoms with Crippen molar-refractivity contribution in [2.75, 3.05) is 0 Å². The van der Waals surface area contributed by atoms with Crippen LogP contribution in [0.4, 0.5) is 4.39 Å². The van der Waals surface area contributed by atoms with Crippen molar-refractivity contribution in [1.29, 1.82) is 0 Å². The summed E-state index contributed by atoms with van der Waals surface area (Å²) in [6.45, 7) is 0.360. The first kappa shape index (κ1) is 10.2. The summed E-state index contributed by atoms with van der Waals surface area (Å²) in [5, 5.41) is 0. The second-order valence-corrected chi connectivity index (χ2v) is 3.79. The van der Waals surface area contributed by atoms with Crippen molar-refractivity contribution in [2.45, 2.75) is 6.61 Å². The minimum Gasteiger partial charge on any atom is -0.489 e. The van der Waals surface area contributed by atoms with E-state index in [1.165, 1.54) is 12.1 Å². The van der Waals surface area contributed by atoms with E-state index in [2.05, 4.69) is 15.9 Å². The average molecular weight is 271 g/mol. The van der Waals surface area contributed by atoms with Gasteiger partial charge in [-0.05, 0) is 34.1 Å². The summed E-state index contributed by atoms with van der Waals surface area (Å²) < 4.78 is 23.8. The Kier molecular flexibility index (Phi) is 3.06. The molecule has 2 nitrogen and oxygen atoms in total. The van der Waals surface area contributed by atoms with Gasteiger partial charge in [0.15, 0.2) is 4.67 Å². The first-order valence-electron chi connectivity index (χ1n) is 4.35. The molecule has 0 bridgehead atoms. The van der Waals surface area contributed by atoms with Gasteiger partial charge in [0, 0.05) is 11.6 Å². The molecule has 2 rings (SSSR count). The van der Waals surface area contributed by atoms with Gasteiger partial charge in [0.2, 0.25) is 0 Å². The molecule has 0 unspecified atom stereocenters. The predicted molar refractivity (Wildman–Crippen MR) is 57.1 cm³/mol. The third-order valence-electron chi connectivity index (χ3n) is 1.82. The molecule has 0 aliphatic rings. The fourth-order valence-electron chi connectivity index (χ4n) is 1.14. The Balaban J connectivity index is 1.99. The van der Waals surface area contributed by atoms with Crippen LogP contribution >= 0.6 is 15.9 Å². The summed E-state index contributed by atoms with van der Waals surface area (Å²) in [5.41, 5.74) is 0.895. The molecule has 0 aliphatic heterocycles. The van der Waals surface area contributed by atoms with Crippen LogP contribution in [0.15, 0.2) is 45.7 Å². The van der Waals surface area contributed by atoms with Crippen molar-refractivity contribution >= 4 is 15.9 Å². The molecule has 1 heterocycles. The number of furan rings is 1. The number of hydrogen-bond donors (Lipinski definition) is 0. The van der Waals surface area contributed by atoms with Crippen molar-refractivity contribution in [3.8, 4) is 5.75 Å². The first-order valence-corrected chi connectivity index (χ1v) is 5.14. The lowest BCUT2D eigenvalue weighted by molar-refractivity contribution is 0.303. The molecule has 1 aromatic heterocycles. The molecule has 0 amide bonds. The van der Waals surface area contributed by atoms with Crippen molar-refractivity contribution in [3.05, 3.63) is 52.6 Å². The van der Waals surface area contributed by atoms with E-state index >= 15 is 0 Å². The van der Waals surface area contributed by atoms with Crippen LogP contribution in [0.25, 0.3) is 0 Å². The van der Waals surface area contributed by atoms with Crippen LogP contribution in [0.5, 0.6) is 5.75 Å². The molecular formula is C11H8BrFO2. The molecule has 0 atom stereocenters. The molecule has 78 valence electrons. The summed E-state index contributed by atoms with van der Waals surface area (Å²) >= 11 is 3.19. The van der Waals surface area contributed by atoms with Gasteiger partial charge in [-0.3, -0.25) is 0 Å². The molecular weight excluding hydrogens is 263 g/mol. The molecule has 0 saturated heterocycles. The Labute approximate surface area is 94.8 Å². The number of halogens is 2. The van der Waals surface area contributed by atoms with Gasteiger partial charge in [-0.1, -0.05) is 6.07 Å². The zero-order valence-electron chi connectivity index (χ0n) is 7.74. The van der Waals surface area contributed by atoms with Crippen LogP contribution in [0.3, 0.4) is 0 Å². The summed E-state index contributed by atoms with van der Waals surface area (Å²) in [4.78, 5) is 0. The summed E-state index contributed by atoms with van der Waals surface area (Å²) in [5.74, 6) is 0.202. The second-order valence-electron chi connectivity index (χ2n) is 3.01. The molecule has 0 aliphatic carbocycles. The lowest BCUT2D eigenvalue weighted by atomic mass is 10.3. The smallest absolute Gasteiger partial charge is 0.169 e. The standard InChI is InChI=1S/C11H8BrFO2/c12-11-4-8(7-15-11)6-14-10-3-1-2-9(13)5-10/h1-5,7H,6H2. The van der Waals surface area contributed by atoms with Gasteiger partial charge in [-0.25, -0.2) is 4.39 Å². The van der Waals surface area contributed by atoms with E-state index < -0.39 is 0 Å². The van der Waals surface area contributed by atoms with Gasteiger partial charge < -0.3 is 9.15 Å². The Hall–Kier alpha value is -1.29. The monoisotopic (exact) mass is 270 g/mol. The third-order valence-corrected chi connectivity index (χ3v) is 2.24. The molecule has 0 saturated carbocycles. The molecule has 2 aromatic rings. The highest BCUT2D eigenvalue weighted by atomic mass is 79.9. The Bertz CT molecular complexity index is 453. The molecule has 4 heteroatoms. The molecule has 0 fully saturated rings. The largest absolute Gasteiger partial charge is 0.489 e. The SMILES string of the molecule is Fc1cccc(OCc2coc(Br)c2)c1. The molecule has 0 radical (unpaired) electrons. The van der Waals surface area contributed by atoms with Crippen LogP contribution in [-0.2, 0) is 6.61 Å². The quantitative estimate of drug-likeness (QED) is 0.848. The van der Waals surface area contributed by atoms with Crippen molar-refractivity contribution < 1.29 is 13.5 Å². The van der Waals surface area contributed by atoms with Gasteiger partial charge >= 0.3 is 0 Å². The third kappa shape index (κ3) is 2.83. The highest BCUT2D eigenvalue weighted by Gasteiger charge is 2.00. The van der Waals surface area contributed by atoms with Crippen LogP contribution < -0.4 is 4.74 Å². The minimum absolute atomic E-state index is 0.305. The van der Waals surface area contributed by atoms with Crippen molar-refractivity contribution in [2.24, 2.45) is 0 Å². The Morgan fingerprint density at radius 3 is 2.87 bits per heavy atom. The Morgan fingerprint density at radius 2 is 2.20 bits per heavy atom. The molecule has 0 spiro atoms. The first-order chi connectivity index (χ1) is 7.24. The number of ether oxygens (including phenoxy) is 1. The molecule has 1 aromatic carbocycles. The van der Waals surface area contributed by atoms with E-state index in [1.807, 2.05) is 0 Å². The van der Waals surface area contributed by atoms with Gasteiger partial charge in [0.05, 0.1) is 6.26 Å². The average Bonchev–Trinajstić information content (AvgIpc) is 2.62. The van der Waals surface area contributed by atoms with Crippen LogP contribution in [0.1, 0.15) is 5.56 Å². The maximum absolute atomic E-state index is 12.8. The van der Waals surface area contributed by atoms with E-state index in [9.17, 15) is 4.39 Å². The van der Waals surface area contributed by atoms with E-state index in [1.54, 1.807) is 24.5 Å². The van der Waals surface area contributed by atoms with Crippen LogP contribution in [0, 0.1) is 5.82 Å². The van der Waals surface area contributed by atoms with Gasteiger partial charge in [0.1, 0.15) is 18.2 Å². The topological polar surface area (TPSA) is 22.4 Å². The maximum atomic E-state index is 12.8. The van der Waals surface area contributed by atoms with Gasteiger partial charge in [-0.15, -0.1) is 0 Å². The predicted octanol–water partition coefficient (Wildman–Crippen LogP) is 3.76. The van der Waals surface area contributed by atoms with Crippen LogP contribution in [0.2, 0.25) is 0 Å². The van der Waals surface area contributed by atoms with E-state index in [-0.39, 0.29) is 5.82 Å². The maximum Gasteiger partial charge on any atom is 0.169 e. The second kappa shape index (κ2) is 4.49. The zero-order chi connectivity index (χ0) is 10.7. The lowest BCUT2D eigenvalue weighted by Gasteiger charge is -2.03. The van der Waals surface area contributed by atoms with Crippen LogP contribution in [-0.4, -0.2) is 0 Å². The van der Waals surface area contributed by atoms with Crippen molar-refractivity contribution in [3.63, 3.8) is 0 Å². The minimum atomic E-state index is -0.305. The summed E-state index contributed by atoms with van der Waals surface area (Å²) in [7, 11) is 0. The number of hydrogen-bond acceptors (Lipinski definition) is 2. The normalized spacial score (nSPS) is 10.3. The summed E-state index contributed by atoms with van der Waals surface area (Å²) in [6, 6.07) is 7.84. The van der Waals surface area contributed by atoms with E-state index in [4.69, 9.17) is 9.15 Å². The fraction of sp³-hybridized carbons (Fsp3) is 0.0909. The highest BCUT2D eigenvalue weighted by Crippen LogP contribution is 2.17. The van der Waals surface area contributed by atoms with Gasteiger partial charge in [-0.2, -0.15) is 0 Å². The summed E-state index contributed by atoms with van der Waals surface area (Å²) in [6.07, 6.45) is 1.59. The number of rotatable bonds is 3. The van der Waals surface area contributed by atoms with E-state index in [0.29, 0.717) is 17.0 Å². The Morgan fingerprint density at radius 1 is 1.33 bits per heavy atom. The molecule has 15 heavy (non-hydrogen) atoms. The fourth-order valence-corrected chi connectivity index (χ4v) is 1.53. The molecule has 0 N–H and O–H groups in total. The highest BCUT2D eigenvalue weighted by molar-refractivity contribution is 9.10. The van der Waals surface area contributed by atoms with E-state index in [0.717, 1.165) is 5.56 Å². The van der Waals surface area contributed by atoms with Gasteiger partial charge in [0.25, 0.3) is 0 Å². The lowest BCUT2D eigenvalue weighted by Crippen LogP contribution is -1.93.